The van der Waals surface area contributed by atoms with Crippen LogP contribution in [0.3, 0.4) is 0 Å². The highest BCUT2D eigenvalue weighted by molar-refractivity contribution is 7.30. The number of thiophene rings is 6. The minimum absolute atomic E-state index is 1.18. The SMILES string of the molecule is CCCCCCc1cc(C)sc1-c1cc(CCCCCC)c(-c2cc(CCCCCC)c(-c3ccc(-c4ccc(-c5ccc(C)s5)s4)s3)s2)s1. The zero-order valence-corrected chi connectivity index (χ0v) is 35.7. The fraction of sp³-hybridized carbons (Fsp3) is 0.455. The van der Waals surface area contributed by atoms with Crippen LogP contribution in [-0.2, 0) is 19.3 Å². The average molecular weight is 775 g/mol. The van der Waals surface area contributed by atoms with Gasteiger partial charge in [-0.15, -0.1) is 68.0 Å². The van der Waals surface area contributed by atoms with Gasteiger partial charge in [-0.2, -0.15) is 0 Å². The Bertz CT molecular complexity index is 1910. The third-order valence-electron chi connectivity index (χ3n) is 9.56. The van der Waals surface area contributed by atoms with Crippen LogP contribution in [-0.4, -0.2) is 0 Å². The highest BCUT2D eigenvalue weighted by Gasteiger charge is 2.21. The topological polar surface area (TPSA) is 0 Å². The Hall–Kier alpha value is -1.80. The van der Waals surface area contributed by atoms with Crippen molar-refractivity contribution in [1.82, 2.24) is 0 Å². The Labute approximate surface area is 326 Å². The molecule has 0 saturated heterocycles. The van der Waals surface area contributed by atoms with E-state index < -0.39 is 0 Å². The molecule has 0 aliphatic rings. The third-order valence-corrected chi connectivity index (χ3v) is 17.1. The number of unbranched alkanes of at least 4 members (excludes halogenated alkanes) is 9. The predicted octanol–water partition coefficient (Wildman–Crippen LogP) is 17.4. The van der Waals surface area contributed by atoms with Gasteiger partial charge < -0.3 is 0 Å². The van der Waals surface area contributed by atoms with Crippen molar-refractivity contribution in [3.63, 3.8) is 0 Å². The zero-order valence-electron chi connectivity index (χ0n) is 30.8. The van der Waals surface area contributed by atoms with E-state index in [0.717, 1.165) is 0 Å². The summed E-state index contributed by atoms with van der Waals surface area (Å²) in [6.45, 7) is 11.5. The summed E-state index contributed by atoms with van der Waals surface area (Å²) in [5, 5.41) is 0. The van der Waals surface area contributed by atoms with E-state index in [1.54, 1.807) is 16.7 Å². The van der Waals surface area contributed by atoms with E-state index in [1.807, 2.05) is 45.3 Å². The first-order valence-corrected chi connectivity index (χ1v) is 24.0. The number of hydrogen-bond donors (Lipinski definition) is 0. The van der Waals surface area contributed by atoms with Gasteiger partial charge >= 0.3 is 0 Å². The minimum Gasteiger partial charge on any atom is -0.140 e. The molecule has 0 saturated carbocycles. The van der Waals surface area contributed by atoms with Crippen molar-refractivity contribution in [3.05, 3.63) is 81.0 Å². The van der Waals surface area contributed by atoms with Gasteiger partial charge in [-0.1, -0.05) is 78.6 Å². The highest BCUT2D eigenvalue weighted by atomic mass is 32.1. The summed E-state index contributed by atoms with van der Waals surface area (Å²) in [6.07, 6.45) is 19.3. The summed E-state index contributed by atoms with van der Waals surface area (Å²) in [4.78, 5) is 17.4. The lowest BCUT2D eigenvalue weighted by Crippen LogP contribution is -1.86. The van der Waals surface area contributed by atoms with Crippen molar-refractivity contribution in [2.24, 2.45) is 0 Å². The second kappa shape index (κ2) is 18.8. The third kappa shape index (κ3) is 9.59. The van der Waals surface area contributed by atoms with Crippen LogP contribution in [0.2, 0.25) is 0 Å². The van der Waals surface area contributed by atoms with Crippen molar-refractivity contribution in [2.45, 2.75) is 131 Å². The molecule has 0 aromatic carbocycles. The minimum atomic E-state index is 1.18. The maximum Gasteiger partial charge on any atom is 0.0481 e. The molecule has 0 bridgehead atoms. The lowest BCUT2D eigenvalue weighted by molar-refractivity contribution is 0.667. The monoisotopic (exact) mass is 774 g/mol. The fourth-order valence-electron chi connectivity index (χ4n) is 6.82. The molecular formula is C44H54S6. The smallest absolute Gasteiger partial charge is 0.0481 e. The van der Waals surface area contributed by atoms with Crippen LogP contribution in [0.5, 0.6) is 0 Å². The Balaban J connectivity index is 1.34. The molecule has 266 valence electrons. The molecule has 50 heavy (non-hydrogen) atoms. The maximum atomic E-state index is 2.60. The molecule has 0 aliphatic carbocycles. The first-order valence-electron chi connectivity index (χ1n) is 19.1. The molecule has 0 N–H and O–H groups in total. The molecule has 0 atom stereocenters. The van der Waals surface area contributed by atoms with Crippen molar-refractivity contribution in [1.29, 1.82) is 0 Å². The van der Waals surface area contributed by atoms with Gasteiger partial charge in [0, 0.05) is 58.5 Å². The van der Waals surface area contributed by atoms with Crippen molar-refractivity contribution in [2.75, 3.05) is 0 Å². The van der Waals surface area contributed by atoms with E-state index in [2.05, 4.69) is 112 Å². The van der Waals surface area contributed by atoms with Crippen LogP contribution in [0, 0.1) is 13.8 Å². The molecule has 0 nitrogen and oxygen atoms in total. The second-order valence-corrected chi connectivity index (χ2v) is 20.6. The largest absolute Gasteiger partial charge is 0.140 e. The Morgan fingerprint density at radius 3 is 1.22 bits per heavy atom. The van der Waals surface area contributed by atoms with Gasteiger partial charge in [0.1, 0.15) is 0 Å². The summed E-state index contributed by atoms with van der Waals surface area (Å²) < 4.78 is 0. The summed E-state index contributed by atoms with van der Waals surface area (Å²) >= 11 is 12.0. The molecule has 6 heterocycles. The zero-order chi connectivity index (χ0) is 34.9. The van der Waals surface area contributed by atoms with E-state index in [4.69, 9.17) is 0 Å². The molecule has 0 aliphatic heterocycles. The Kier molecular flexibility index (Phi) is 14.3. The predicted molar refractivity (Wildman–Crippen MR) is 234 cm³/mol. The molecule has 0 spiro atoms. The van der Waals surface area contributed by atoms with Crippen LogP contribution < -0.4 is 0 Å². The number of rotatable bonds is 20. The first-order chi connectivity index (χ1) is 24.5. The fourth-order valence-corrected chi connectivity index (χ4v) is 13.8. The van der Waals surface area contributed by atoms with Gasteiger partial charge in [-0.05, 0) is 124 Å². The highest BCUT2D eigenvalue weighted by Crippen LogP contribution is 2.50. The van der Waals surface area contributed by atoms with Crippen LogP contribution in [0.25, 0.3) is 48.8 Å². The Morgan fingerprint density at radius 2 is 0.740 bits per heavy atom. The van der Waals surface area contributed by atoms with Gasteiger partial charge in [-0.3, -0.25) is 0 Å². The lowest BCUT2D eigenvalue weighted by atomic mass is 10.0. The lowest BCUT2D eigenvalue weighted by Gasteiger charge is -2.02. The normalized spacial score (nSPS) is 11.7. The first kappa shape index (κ1) is 37.9. The Morgan fingerprint density at radius 1 is 0.340 bits per heavy atom. The van der Waals surface area contributed by atoms with Gasteiger partial charge in [0.15, 0.2) is 0 Å². The summed E-state index contributed by atoms with van der Waals surface area (Å²) in [7, 11) is 0. The molecule has 6 aromatic rings. The quantitative estimate of drug-likeness (QED) is 0.0678. The summed E-state index contributed by atoms with van der Waals surface area (Å²) in [5.74, 6) is 0. The van der Waals surface area contributed by atoms with Crippen molar-refractivity contribution in [3.8, 4) is 48.8 Å². The molecule has 0 fully saturated rings. The standard InChI is InChI=1S/C44H54S6/c1-6-9-12-15-18-32-27-31(5)46-43(32)40-29-34(20-17-14-11-8-3)44(50-40)41-28-33(19-16-13-10-7-2)42(49-41)39-26-25-38(48-39)37-24-23-36(47-37)35-22-21-30(4)45-35/h21-29H,6-20H2,1-5H3. The van der Waals surface area contributed by atoms with Crippen LogP contribution in [0.15, 0.2) is 54.6 Å². The van der Waals surface area contributed by atoms with Crippen LogP contribution in [0.4, 0.5) is 0 Å². The molecule has 6 rings (SSSR count). The van der Waals surface area contributed by atoms with Crippen molar-refractivity contribution >= 4 is 68.0 Å². The van der Waals surface area contributed by atoms with E-state index in [1.165, 1.54) is 155 Å². The number of hydrogen-bond acceptors (Lipinski definition) is 6. The van der Waals surface area contributed by atoms with Crippen molar-refractivity contribution < 1.29 is 0 Å². The van der Waals surface area contributed by atoms with E-state index in [-0.39, 0.29) is 0 Å². The van der Waals surface area contributed by atoms with Gasteiger partial charge in [0.2, 0.25) is 0 Å². The van der Waals surface area contributed by atoms with Gasteiger partial charge in [0.25, 0.3) is 0 Å². The van der Waals surface area contributed by atoms with E-state index >= 15 is 0 Å². The molecule has 6 aromatic heterocycles. The molecule has 0 radical (unpaired) electrons. The maximum absolute atomic E-state index is 2.60. The van der Waals surface area contributed by atoms with E-state index in [9.17, 15) is 0 Å². The molecule has 6 heteroatoms. The van der Waals surface area contributed by atoms with Gasteiger partial charge in [0.05, 0.1) is 0 Å². The van der Waals surface area contributed by atoms with Gasteiger partial charge in [-0.25, -0.2) is 0 Å². The van der Waals surface area contributed by atoms with Crippen LogP contribution in [0.1, 0.15) is 124 Å². The molecule has 0 unspecified atom stereocenters. The average Bonchev–Trinajstić information content (AvgIpc) is 3.95. The number of aryl methyl sites for hydroxylation is 5. The summed E-state index contributed by atoms with van der Waals surface area (Å²) in [6, 6.07) is 21.6. The second-order valence-electron chi connectivity index (χ2n) is 13.8. The van der Waals surface area contributed by atoms with E-state index in [0.29, 0.717) is 0 Å². The molecule has 0 amide bonds. The molecular weight excluding hydrogens is 721 g/mol. The van der Waals surface area contributed by atoms with Crippen LogP contribution >= 0.6 is 68.0 Å². The summed E-state index contributed by atoms with van der Waals surface area (Å²) in [5.41, 5.74) is 4.72.